The van der Waals surface area contributed by atoms with Crippen LogP contribution in [-0.4, -0.2) is 49.7 Å². The van der Waals surface area contributed by atoms with Crippen LogP contribution in [0.4, 0.5) is 0 Å². The van der Waals surface area contributed by atoms with Crippen LogP contribution in [0.5, 0.6) is 0 Å². The lowest BCUT2D eigenvalue weighted by atomic mass is 10.1. The molecule has 1 saturated heterocycles. The summed E-state index contributed by atoms with van der Waals surface area (Å²) < 4.78 is 5.40. The lowest BCUT2D eigenvalue weighted by Gasteiger charge is -2.30. The molecule has 1 aliphatic rings. The second kappa shape index (κ2) is 6.46. The SMILES string of the molecule is CC[C@@H](CC#N)NC(=O)[C@@H]1CN(C)CCO1. The van der Waals surface area contributed by atoms with Gasteiger partial charge in [0.05, 0.1) is 19.1 Å². The van der Waals surface area contributed by atoms with Gasteiger partial charge in [-0.1, -0.05) is 6.92 Å². The van der Waals surface area contributed by atoms with Gasteiger partial charge in [-0.25, -0.2) is 0 Å². The van der Waals surface area contributed by atoms with Crippen molar-refractivity contribution < 1.29 is 9.53 Å². The monoisotopic (exact) mass is 225 g/mol. The summed E-state index contributed by atoms with van der Waals surface area (Å²) in [5, 5.41) is 11.4. The van der Waals surface area contributed by atoms with Crippen molar-refractivity contribution in [2.75, 3.05) is 26.7 Å². The topological polar surface area (TPSA) is 65.4 Å². The Morgan fingerprint density at radius 2 is 2.50 bits per heavy atom. The molecule has 1 amide bonds. The van der Waals surface area contributed by atoms with E-state index in [9.17, 15) is 4.79 Å². The molecular weight excluding hydrogens is 206 g/mol. The number of nitriles is 1. The van der Waals surface area contributed by atoms with Crippen molar-refractivity contribution in [2.24, 2.45) is 0 Å². The number of carbonyl (C=O) groups excluding carboxylic acids is 1. The molecule has 1 aliphatic heterocycles. The number of carbonyl (C=O) groups is 1. The first-order chi connectivity index (χ1) is 7.67. The van der Waals surface area contributed by atoms with Crippen LogP contribution >= 0.6 is 0 Å². The molecule has 5 nitrogen and oxygen atoms in total. The van der Waals surface area contributed by atoms with Crippen molar-refractivity contribution in [1.82, 2.24) is 10.2 Å². The number of morpholine rings is 1. The summed E-state index contributed by atoms with van der Waals surface area (Å²) in [5.74, 6) is -0.103. The predicted octanol–water partition coefficient (Wildman–Crippen LogP) is 0.125. The van der Waals surface area contributed by atoms with Crippen LogP contribution in [0.15, 0.2) is 0 Å². The number of nitrogens with zero attached hydrogens (tertiary/aromatic N) is 2. The van der Waals surface area contributed by atoms with Gasteiger partial charge in [-0.3, -0.25) is 4.79 Å². The summed E-state index contributed by atoms with van der Waals surface area (Å²) in [6.45, 7) is 4.02. The zero-order valence-corrected chi connectivity index (χ0v) is 9.90. The number of rotatable bonds is 4. The molecule has 0 radical (unpaired) electrons. The van der Waals surface area contributed by atoms with Crippen LogP contribution in [0, 0.1) is 11.3 Å². The van der Waals surface area contributed by atoms with Gasteiger partial charge in [-0.2, -0.15) is 5.26 Å². The van der Waals surface area contributed by atoms with Gasteiger partial charge in [0.1, 0.15) is 6.10 Å². The number of ether oxygens (including phenoxy) is 1. The molecule has 1 fully saturated rings. The second-order valence-corrected chi connectivity index (χ2v) is 4.10. The molecule has 0 aromatic heterocycles. The van der Waals surface area contributed by atoms with E-state index in [1.54, 1.807) is 0 Å². The second-order valence-electron chi connectivity index (χ2n) is 4.10. The molecule has 2 atom stereocenters. The summed E-state index contributed by atoms with van der Waals surface area (Å²) >= 11 is 0. The molecule has 0 aromatic carbocycles. The third-order valence-electron chi connectivity index (χ3n) is 2.74. The van der Waals surface area contributed by atoms with E-state index in [4.69, 9.17) is 10.00 Å². The standard InChI is InChI=1S/C11H19N3O2/c1-3-9(4-5-12)13-11(15)10-8-14(2)6-7-16-10/h9-10H,3-4,6-8H2,1-2H3,(H,13,15)/t9-,10-/m0/s1. The number of hydrogen-bond donors (Lipinski definition) is 1. The molecular formula is C11H19N3O2. The quantitative estimate of drug-likeness (QED) is 0.738. The minimum atomic E-state index is -0.397. The highest BCUT2D eigenvalue weighted by atomic mass is 16.5. The van der Waals surface area contributed by atoms with Crippen molar-refractivity contribution in [3.63, 3.8) is 0 Å². The smallest absolute Gasteiger partial charge is 0.250 e. The fourth-order valence-corrected chi connectivity index (χ4v) is 1.64. The highest BCUT2D eigenvalue weighted by Crippen LogP contribution is 2.05. The fourth-order valence-electron chi connectivity index (χ4n) is 1.64. The molecule has 0 aliphatic carbocycles. The lowest BCUT2D eigenvalue weighted by molar-refractivity contribution is -0.138. The Kier molecular flexibility index (Phi) is 5.23. The van der Waals surface area contributed by atoms with Gasteiger partial charge in [0, 0.05) is 19.1 Å². The third kappa shape index (κ3) is 3.80. The maximum atomic E-state index is 11.8. The van der Waals surface area contributed by atoms with Crippen molar-refractivity contribution in [2.45, 2.75) is 31.9 Å². The molecule has 1 rings (SSSR count). The molecule has 1 N–H and O–H groups in total. The summed E-state index contributed by atoms with van der Waals surface area (Å²) in [7, 11) is 1.97. The Morgan fingerprint density at radius 3 is 3.06 bits per heavy atom. The van der Waals surface area contributed by atoms with Gasteiger partial charge >= 0.3 is 0 Å². The Labute approximate surface area is 96.4 Å². The van der Waals surface area contributed by atoms with E-state index in [0.717, 1.165) is 13.0 Å². The predicted molar refractivity (Wildman–Crippen MR) is 59.7 cm³/mol. The number of nitrogens with one attached hydrogen (secondary N) is 1. The Hall–Kier alpha value is -1.12. The van der Waals surface area contributed by atoms with E-state index >= 15 is 0 Å². The van der Waals surface area contributed by atoms with Crippen LogP contribution in [0.3, 0.4) is 0 Å². The van der Waals surface area contributed by atoms with E-state index in [0.29, 0.717) is 19.6 Å². The van der Waals surface area contributed by atoms with E-state index in [-0.39, 0.29) is 11.9 Å². The highest BCUT2D eigenvalue weighted by molar-refractivity contribution is 5.81. The zero-order valence-electron chi connectivity index (χ0n) is 9.90. The Morgan fingerprint density at radius 1 is 1.75 bits per heavy atom. The number of hydrogen-bond acceptors (Lipinski definition) is 4. The molecule has 1 heterocycles. The van der Waals surface area contributed by atoms with E-state index in [2.05, 4.69) is 16.3 Å². The van der Waals surface area contributed by atoms with Crippen LogP contribution < -0.4 is 5.32 Å². The maximum absolute atomic E-state index is 11.8. The van der Waals surface area contributed by atoms with Gasteiger partial charge < -0.3 is 15.0 Å². The van der Waals surface area contributed by atoms with Gasteiger partial charge in [0.15, 0.2) is 0 Å². The van der Waals surface area contributed by atoms with Gasteiger partial charge in [-0.15, -0.1) is 0 Å². The number of likely N-dealkylation sites (N-methyl/N-ethyl adjacent to an activating group) is 1. The summed E-state index contributed by atoms with van der Waals surface area (Å²) in [6.07, 6.45) is 0.721. The lowest BCUT2D eigenvalue weighted by Crippen LogP contribution is -2.50. The van der Waals surface area contributed by atoms with Crippen LogP contribution in [-0.2, 0) is 9.53 Å². The van der Waals surface area contributed by atoms with Gasteiger partial charge in [0.2, 0.25) is 0 Å². The molecule has 0 bridgehead atoms. The number of amides is 1. The van der Waals surface area contributed by atoms with Crippen LogP contribution in [0.1, 0.15) is 19.8 Å². The van der Waals surface area contributed by atoms with Crippen molar-refractivity contribution in [3.8, 4) is 6.07 Å². The van der Waals surface area contributed by atoms with Crippen molar-refractivity contribution in [1.29, 1.82) is 5.26 Å². The average molecular weight is 225 g/mol. The van der Waals surface area contributed by atoms with Gasteiger partial charge in [0.25, 0.3) is 5.91 Å². The minimum absolute atomic E-state index is 0.0617. The first-order valence-corrected chi connectivity index (χ1v) is 5.64. The Bertz CT molecular complexity index is 275. The third-order valence-corrected chi connectivity index (χ3v) is 2.74. The zero-order chi connectivity index (χ0) is 12.0. The van der Waals surface area contributed by atoms with Gasteiger partial charge in [-0.05, 0) is 13.5 Å². The van der Waals surface area contributed by atoms with Crippen LogP contribution in [0.25, 0.3) is 0 Å². The normalized spacial score (nSPS) is 23.4. The minimum Gasteiger partial charge on any atom is -0.366 e. The van der Waals surface area contributed by atoms with Crippen molar-refractivity contribution in [3.05, 3.63) is 0 Å². The first-order valence-electron chi connectivity index (χ1n) is 5.64. The molecule has 0 saturated carbocycles. The van der Waals surface area contributed by atoms with E-state index in [1.165, 1.54) is 0 Å². The van der Waals surface area contributed by atoms with Crippen molar-refractivity contribution >= 4 is 5.91 Å². The highest BCUT2D eigenvalue weighted by Gasteiger charge is 2.25. The summed E-state index contributed by atoms with van der Waals surface area (Å²) in [6, 6.07) is 2.01. The molecule has 0 unspecified atom stereocenters. The Balaban J connectivity index is 2.41. The van der Waals surface area contributed by atoms with Crippen LogP contribution in [0.2, 0.25) is 0 Å². The van der Waals surface area contributed by atoms with E-state index in [1.807, 2.05) is 14.0 Å². The molecule has 90 valence electrons. The largest absolute Gasteiger partial charge is 0.366 e. The molecule has 0 spiro atoms. The van der Waals surface area contributed by atoms with E-state index < -0.39 is 6.10 Å². The maximum Gasteiger partial charge on any atom is 0.250 e. The fraction of sp³-hybridized carbons (Fsp3) is 0.818. The summed E-state index contributed by atoms with van der Waals surface area (Å²) in [5.41, 5.74) is 0. The summed E-state index contributed by atoms with van der Waals surface area (Å²) in [4.78, 5) is 13.9. The molecule has 16 heavy (non-hydrogen) atoms. The molecule has 5 heteroatoms. The average Bonchev–Trinajstić information content (AvgIpc) is 2.28. The molecule has 0 aromatic rings. The first kappa shape index (κ1) is 12.9.